The van der Waals surface area contributed by atoms with Crippen LogP contribution in [-0.2, 0) is 4.79 Å². The highest BCUT2D eigenvalue weighted by molar-refractivity contribution is 5.80. The summed E-state index contributed by atoms with van der Waals surface area (Å²) in [6.45, 7) is 14.6. The molecule has 0 radical (unpaired) electrons. The number of likely N-dealkylation sites (N-methyl/N-ethyl adjacent to an activating group) is 1. The molecular formula is C18H37N5O. The minimum atomic E-state index is 0.155. The Hall–Kier alpha value is -1.30. The van der Waals surface area contributed by atoms with E-state index in [2.05, 4.69) is 48.1 Å². The maximum Gasteiger partial charge on any atom is 0.220 e. The van der Waals surface area contributed by atoms with Crippen molar-refractivity contribution < 1.29 is 4.79 Å². The average Bonchev–Trinajstić information content (AvgIpc) is 2.60. The van der Waals surface area contributed by atoms with Crippen molar-refractivity contribution in [2.24, 2.45) is 10.9 Å². The number of carbonyl (C=O) groups is 1. The molecule has 0 saturated carbocycles. The molecule has 2 N–H and O–H groups in total. The molecular weight excluding hydrogens is 302 g/mol. The molecule has 1 atom stereocenters. The second kappa shape index (κ2) is 11.3. The van der Waals surface area contributed by atoms with Crippen LogP contribution in [-0.4, -0.2) is 74.0 Å². The third kappa shape index (κ3) is 6.67. The number of carbonyl (C=O) groups excluding carboxylic acids is 1. The number of nitrogens with zero attached hydrogens (tertiary/aromatic N) is 3. The lowest BCUT2D eigenvalue weighted by atomic mass is 9.93. The first kappa shape index (κ1) is 20.7. The molecule has 1 heterocycles. The van der Waals surface area contributed by atoms with Crippen LogP contribution in [0.3, 0.4) is 0 Å². The van der Waals surface area contributed by atoms with Crippen molar-refractivity contribution in [1.82, 2.24) is 20.4 Å². The third-order valence-corrected chi connectivity index (χ3v) is 4.94. The van der Waals surface area contributed by atoms with Crippen LogP contribution >= 0.6 is 0 Å². The van der Waals surface area contributed by atoms with Gasteiger partial charge in [0.25, 0.3) is 0 Å². The van der Waals surface area contributed by atoms with Gasteiger partial charge in [0.05, 0.1) is 6.54 Å². The fourth-order valence-corrected chi connectivity index (χ4v) is 3.32. The largest absolute Gasteiger partial charge is 0.359 e. The molecule has 0 aromatic rings. The Morgan fingerprint density at radius 2 is 1.88 bits per heavy atom. The number of amides is 1. The molecule has 1 aliphatic rings. The van der Waals surface area contributed by atoms with E-state index in [-0.39, 0.29) is 5.91 Å². The van der Waals surface area contributed by atoms with Gasteiger partial charge in [-0.1, -0.05) is 13.8 Å². The Bertz CT molecular complexity index is 387. The molecule has 0 aromatic heterocycles. The van der Waals surface area contributed by atoms with Crippen LogP contribution in [0.2, 0.25) is 0 Å². The van der Waals surface area contributed by atoms with Gasteiger partial charge in [-0.25, -0.2) is 0 Å². The van der Waals surface area contributed by atoms with E-state index >= 15 is 0 Å². The van der Waals surface area contributed by atoms with Crippen molar-refractivity contribution in [2.45, 2.75) is 53.0 Å². The molecule has 0 bridgehead atoms. The molecule has 140 valence electrons. The fraction of sp³-hybridized carbons (Fsp3) is 0.889. The van der Waals surface area contributed by atoms with Gasteiger partial charge in [0, 0.05) is 39.1 Å². The SMILES string of the molecule is CCNC(=NCC(C)N(CC)CC)N1CCC(CC(=O)NC)CC1. The minimum Gasteiger partial charge on any atom is -0.359 e. The van der Waals surface area contributed by atoms with Gasteiger partial charge in [-0.05, 0) is 45.7 Å². The lowest BCUT2D eigenvalue weighted by Crippen LogP contribution is -2.46. The standard InChI is InChI=1S/C18H37N5O/c1-6-20-18(21-14-15(4)22(7-2)8-3)23-11-9-16(10-12-23)13-17(24)19-5/h15-16H,6-14H2,1-5H3,(H,19,24)(H,20,21). The van der Waals surface area contributed by atoms with Crippen molar-refractivity contribution in [2.75, 3.05) is 46.3 Å². The first-order valence-electron chi connectivity index (χ1n) is 9.53. The summed E-state index contributed by atoms with van der Waals surface area (Å²) in [7, 11) is 1.71. The van der Waals surface area contributed by atoms with Crippen LogP contribution in [0.4, 0.5) is 0 Å². The molecule has 1 saturated heterocycles. The maximum atomic E-state index is 11.5. The average molecular weight is 340 g/mol. The summed E-state index contributed by atoms with van der Waals surface area (Å²) in [6.07, 6.45) is 2.77. The molecule has 1 rings (SSSR count). The van der Waals surface area contributed by atoms with E-state index in [0.717, 1.165) is 58.1 Å². The molecule has 1 amide bonds. The summed E-state index contributed by atoms with van der Waals surface area (Å²) in [6, 6.07) is 0.458. The number of hydrogen-bond acceptors (Lipinski definition) is 3. The number of rotatable bonds is 8. The quantitative estimate of drug-likeness (QED) is 0.520. The van der Waals surface area contributed by atoms with Crippen LogP contribution in [0.1, 0.15) is 47.0 Å². The van der Waals surface area contributed by atoms with Gasteiger partial charge in [-0.3, -0.25) is 14.7 Å². The van der Waals surface area contributed by atoms with Gasteiger partial charge in [0.15, 0.2) is 5.96 Å². The number of guanidine groups is 1. The summed E-state index contributed by atoms with van der Waals surface area (Å²) >= 11 is 0. The number of aliphatic imine (C=N–C) groups is 1. The van der Waals surface area contributed by atoms with Crippen LogP contribution in [0.5, 0.6) is 0 Å². The fourth-order valence-electron chi connectivity index (χ4n) is 3.32. The Labute approximate surface area is 148 Å². The van der Waals surface area contributed by atoms with Gasteiger partial charge in [-0.15, -0.1) is 0 Å². The van der Waals surface area contributed by atoms with Crippen LogP contribution in [0.15, 0.2) is 4.99 Å². The number of piperidine rings is 1. The molecule has 1 fully saturated rings. The van der Waals surface area contributed by atoms with E-state index in [1.807, 2.05) is 0 Å². The lowest BCUT2D eigenvalue weighted by Gasteiger charge is -2.34. The highest BCUT2D eigenvalue weighted by Gasteiger charge is 2.23. The first-order valence-corrected chi connectivity index (χ1v) is 9.53. The van der Waals surface area contributed by atoms with Crippen molar-refractivity contribution >= 4 is 11.9 Å². The molecule has 0 spiro atoms. The molecule has 6 heteroatoms. The summed E-state index contributed by atoms with van der Waals surface area (Å²) < 4.78 is 0. The zero-order chi connectivity index (χ0) is 17.9. The van der Waals surface area contributed by atoms with E-state index in [1.165, 1.54) is 0 Å². The highest BCUT2D eigenvalue weighted by atomic mass is 16.1. The Kier molecular flexibility index (Phi) is 9.76. The van der Waals surface area contributed by atoms with Crippen LogP contribution < -0.4 is 10.6 Å². The van der Waals surface area contributed by atoms with Gasteiger partial charge >= 0.3 is 0 Å². The lowest BCUT2D eigenvalue weighted by molar-refractivity contribution is -0.121. The number of likely N-dealkylation sites (tertiary alicyclic amines) is 1. The smallest absolute Gasteiger partial charge is 0.220 e. The van der Waals surface area contributed by atoms with Gasteiger partial charge in [-0.2, -0.15) is 0 Å². The minimum absolute atomic E-state index is 0.155. The maximum absolute atomic E-state index is 11.5. The second-order valence-electron chi connectivity index (χ2n) is 6.57. The Morgan fingerprint density at radius 3 is 2.38 bits per heavy atom. The van der Waals surface area contributed by atoms with Crippen molar-refractivity contribution in [1.29, 1.82) is 0 Å². The zero-order valence-electron chi connectivity index (χ0n) is 16.3. The second-order valence-corrected chi connectivity index (χ2v) is 6.57. The van der Waals surface area contributed by atoms with E-state index in [4.69, 9.17) is 4.99 Å². The molecule has 0 aliphatic carbocycles. The predicted molar refractivity (Wildman–Crippen MR) is 101 cm³/mol. The normalized spacial score (nSPS) is 17.9. The molecule has 0 aromatic carbocycles. The summed E-state index contributed by atoms with van der Waals surface area (Å²) in [5.41, 5.74) is 0. The van der Waals surface area contributed by atoms with Crippen LogP contribution in [0.25, 0.3) is 0 Å². The number of hydrogen-bond donors (Lipinski definition) is 2. The van der Waals surface area contributed by atoms with Gasteiger partial charge < -0.3 is 15.5 Å². The third-order valence-electron chi connectivity index (χ3n) is 4.94. The first-order chi connectivity index (χ1) is 11.5. The van der Waals surface area contributed by atoms with E-state index in [0.29, 0.717) is 18.4 Å². The van der Waals surface area contributed by atoms with Gasteiger partial charge in [0.1, 0.15) is 0 Å². The van der Waals surface area contributed by atoms with Crippen LogP contribution in [0, 0.1) is 5.92 Å². The van der Waals surface area contributed by atoms with E-state index in [1.54, 1.807) is 7.05 Å². The topological polar surface area (TPSA) is 60.0 Å². The molecule has 6 nitrogen and oxygen atoms in total. The molecule has 24 heavy (non-hydrogen) atoms. The summed E-state index contributed by atoms with van der Waals surface area (Å²) in [4.78, 5) is 21.2. The highest BCUT2D eigenvalue weighted by Crippen LogP contribution is 2.20. The molecule has 1 aliphatic heterocycles. The van der Waals surface area contributed by atoms with E-state index < -0.39 is 0 Å². The Balaban J connectivity index is 2.56. The van der Waals surface area contributed by atoms with Gasteiger partial charge in [0.2, 0.25) is 5.91 Å². The van der Waals surface area contributed by atoms with Crippen molar-refractivity contribution in [3.05, 3.63) is 0 Å². The predicted octanol–water partition coefficient (Wildman–Crippen LogP) is 1.53. The summed E-state index contributed by atoms with van der Waals surface area (Å²) in [5, 5.41) is 6.16. The van der Waals surface area contributed by atoms with Crippen molar-refractivity contribution in [3.63, 3.8) is 0 Å². The number of nitrogens with one attached hydrogen (secondary N) is 2. The molecule has 1 unspecified atom stereocenters. The summed E-state index contributed by atoms with van der Waals surface area (Å²) in [5.74, 6) is 1.68. The van der Waals surface area contributed by atoms with Crippen molar-refractivity contribution in [3.8, 4) is 0 Å². The zero-order valence-corrected chi connectivity index (χ0v) is 16.3. The monoisotopic (exact) mass is 339 g/mol. The van der Waals surface area contributed by atoms with E-state index in [9.17, 15) is 4.79 Å². The Morgan fingerprint density at radius 1 is 1.25 bits per heavy atom.